The summed E-state index contributed by atoms with van der Waals surface area (Å²) in [6, 6.07) is 8.52. The number of nitrogens with zero attached hydrogens (tertiary/aromatic N) is 4. The quantitative estimate of drug-likeness (QED) is 0.374. The van der Waals surface area contributed by atoms with Crippen LogP contribution in [-0.2, 0) is 21.8 Å². The van der Waals surface area contributed by atoms with E-state index in [0.717, 1.165) is 30.2 Å². The SMILES string of the molecule is CCCC(CCC1CC1)Cn1c(C(C)(C)C)nc2cc(S(=O)(=O)c3cncc(C#N)c3)ccc21. The van der Waals surface area contributed by atoms with Gasteiger partial charge in [-0.25, -0.2) is 13.4 Å². The second-order valence-electron chi connectivity index (χ2n) is 10.6. The van der Waals surface area contributed by atoms with Crippen LogP contribution in [0.2, 0.25) is 0 Å². The zero-order chi connectivity index (χ0) is 24.5. The summed E-state index contributed by atoms with van der Waals surface area (Å²) in [4.78, 5) is 9.05. The van der Waals surface area contributed by atoms with Crippen molar-refractivity contribution >= 4 is 20.9 Å². The van der Waals surface area contributed by atoms with E-state index in [4.69, 9.17) is 10.2 Å². The normalized spacial score (nSPS) is 15.4. The van der Waals surface area contributed by atoms with Crippen molar-refractivity contribution in [1.29, 1.82) is 5.26 Å². The number of imidazole rings is 1. The number of hydrogen-bond donors (Lipinski definition) is 0. The Morgan fingerprint density at radius 1 is 1.15 bits per heavy atom. The fourth-order valence-electron chi connectivity index (χ4n) is 4.67. The number of rotatable bonds is 9. The zero-order valence-corrected chi connectivity index (χ0v) is 21.4. The Balaban J connectivity index is 1.74. The molecule has 6 nitrogen and oxygen atoms in total. The number of fused-ring (bicyclic) bond motifs is 1. The highest BCUT2D eigenvalue weighted by atomic mass is 32.2. The van der Waals surface area contributed by atoms with E-state index in [2.05, 4.69) is 37.2 Å². The van der Waals surface area contributed by atoms with Crippen molar-refractivity contribution in [3.05, 3.63) is 48.0 Å². The van der Waals surface area contributed by atoms with Crippen molar-refractivity contribution < 1.29 is 8.42 Å². The summed E-state index contributed by atoms with van der Waals surface area (Å²) in [5.74, 6) is 2.49. The van der Waals surface area contributed by atoms with Gasteiger partial charge in [0.25, 0.3) is 0 Å². The van der Waals surface area contributed by atoms with E-state index in [9.17, 15) is 8.42 Å². The molecule has 1 aliphatic rings. The molecule has 1 aromatic carbocycles. The summed E-state index contributed by atoms with van der Waals surface area (Å²) < 4.78 is 28.9. The van der Waals surface area contributed by atoms with Crippen LogP contribution in [0.4, 0.5) is 0 Å². The molecule has 0 N–H and O–H groups in total. The number of hydrogen-bond acceptors (Lipinski definition) is 5. The van der Waals surface area contributed by atoms with Gasteiger partial charge in [-0.05, 0) is 48.9 Å². The van der Waals surface area contributed by atoms with Crippen molar-refractivity contribution in [3.8, 4) is 6.07 Å². The van der Waals surface area contributed by atoms with E-state index in [0.29, 0.717) is 11.4 Å². The lowest BCUT2D eigenvalue weighted by atomic mass is 9.93. The van der Waals surface area contributed by atoms with Crippen LogP contribution in [0.1, 0.15) is 77.6 Å². The van der Waals surface area contributed by atoms with Crippen molar-refractivity contribution in [2.75, 3.05) is 0 Å². The highest BCUT2D eigenvalue weighted by molar-refractivity contribution is 7.91. The van der Waals surface area contributed by atoms with E-state index in [1.165, 1.54) is 50.6 Å². The molecule has 1 saturated carbocycles. The Hall–Kier alpha value is -2.72. The summed E-state index contributed by atoms with van der Waals surface area (Å²) >= 11 is 0. The summed E-state index contributed by atoms with van der Waals surface area (Å²) in [6.45, 7) is 9.61. The Morgan fingerprint density at radius 2 is 1.91 bits per heavy atom. The van der Waals surface area contributed by atoms with Crippen LogP contribution in [0.15, 0.2) is 46.5 Å². The topological polar surface area (TPSA) is 88.6 Å². The monoisotopic (exact) mass is 478 g/mol. The third kappa shape index (κ3) is 5.17. The number of sulfone groups is 1. The van der Waals surface area contributed by atoms with E-state index >= 15 is 0 Å². The first-order valence-corrected chi connectivity index (χ1v) is 13.7. The van der Waals surface area contributed by atoms with Gasteiger partial charge in [-0.2, -0.15) is 5.26 Å². The lowest BCUT2D eigenvalue weighted by Crippen LogP contribution is -2.22. The van der Waals surface area contributed by atoms with Gasteiger partial charge < -0.3 is 4.57 Å². The van der Waals surface area contributed by atoms with Crippen molar-refractivity contribution in [1.82, 2.24) is 14.5 Å². The molecule has 2 heterocycles. The molecule has 1 fully saturated rings. The molecule has 34 heavy (non-hydrogen) atoms. The molecule has 0 saturated heterocycles. The Labute approximate surface area is 203 Å². The highest BCUT2D eigenvalue weighted by Gasteiger charge is 2.27. The molecule has 3 aromatic rings. The van der Waals surface area contributed by atoms with E-state index in [1.807, 2.05) is 12.1 Å². The predicted octanol–water partition coefficient (Wildman–Crippen LogP) is 6.04. The first-order chi connectivity index (χ1) is 16.1. The molecular weight excluding hydrogens is 444 g/mol. The lowest BCUT2D eigenvalue weighted by Gasteiger charge is -2.24. The van der Waals surface area contributed by atoms with E-state index < -0.39 is 9.84 Å². The minimum atomic E-state index is -3.81. The van der Waals surface area contributed by atoms with Gasteiger partial charge in [-0.3, -0.25) is 4.98 Å². The molecule has 0 aliphatic heterocycles. The number of nitriles is 1. The standard InChI is InChI=1S/C27H34N4O2S/c1-5-6-20(10-9-19-7-8-19)18-31-25-12-11-22(14-24(25)30-26(31)27(2,3)4)34(32,33)23-13-21(15-28)16-29-17-23/h11-14,16-17,19-20H,5-10,18H2,1-4H3. The predicted molar refractivity (Wildman–Crippen MR) is 133 cm³/mol. The maximum Gasteiger partial charge on any atom is 0.208 e. The molecule has 7 heteroatoms. The average Bonchev–Trinajstić information content (AvgIpc) is 3.56. The Bertz CT molecular complexity index is 1320. The van der Waals surface area contributed by atoms with Gasteiger partial charge in [0, 0.05) is 24.4 Å². The molecule has 180 valence electrons. The molecular formula is C27H34N4O2S. The third-order valence-corrected chi connectivity index (χ3v) is 8.39. The second kappa shape index (κ2) is 9.50. The molecule has 4 rings (SSSR count). The fourth-order valence-corrected chi connectivity index (χ4v) is 5.94. The Kier molecular flexibility index (Phi) is 6.82. The van der Waals surface area contributed by atoms with Gasteiger partial charge >= 0.3 is 0 Å². The van der Waals surface area contributed by atoms with E-state index in [1.54, 1.807) is 12.1 Å². The molecule has 2 aromatic heterocycles. The van der Waals surface area contributed by atoms with Crippen LogP contribution in [0, 0.1) is 23.2 Å². The largest absolute Gasteiger partial charge is 0.327 e. The first kappa shape index (κ1) is 24.4. The minimum Gasteiger partial charge on any atom is -0.327 e. The van der Waals surface area contributed by atoms with Crippen LogP contribution < -0.4 is 0 Å². The van der Waals surface area contributed by atoms with Gasteiger partial charge in [0.2, 0.25) is 9.84 Å². The van der Waals surface area contributed by atoms with Crippen molar-refractivity contribution in [2.24, 2.45) is 11.8 Å². The number of aromatic nitrogens is 3. The Morgan fingerprint density at radius 3 is 2.56 bits per heavy atom. The van der Waals surface area contributed by atoms with Crippen LogP contribution in [-0.4, -0.2) is 23.0 Å². The molecule has 0 spiro atoms. The van der Waals surface area contributed by atoms with Crippen LogP contribution in [0.25, 0.3) is 11.0 Å². The van der Waals surface area contributed by atoms with Gasteiger partial charge in [-0.1, -0.05) is 53.4 Å². The summed E-state index contributed by atoms with van der Waals surface area (Å²) in [6.07, 6.45) is 10.3. The molecule has 0 bridgehead atoms. The van der Waals surface area contributed by atoms with Gasteiger partial charge in [-0.15, -0.1) is 0 Å². The number of benzene rings is 1. The smallest absolute Gasteiger partial charge is 0.208 e. The zero-order valence-electron chi connectivity index (χ0n) is 20.6. The molecule has 0 amide bonds. The molecule has 0 radical (unpaired) electrons. The van der Waals surface area contributed by atoms with Gasteiger partial charge in [0.15, 0.2) is 0 Å². The average molecular weight is 479 g/mol. The summed E-state index contributed by atoms with van der Waals surface area (Å²) in [5, 5.41) is 9.13. The number of pyridine rings is 1. The molecule has 1 aliphatic carbocycles. The van der Waals surface area contributed by atoms with E-state index in [-0.39, 0.29) is 20.8 Å². The first-order valence-electron chi connectivity index (χ1n) is 12.2. The minimum absolute atomic E-state index is 0.0180. The van der Waals surface area contributed by atoms with Gasteiger partial charge in [0.05, 0.1) is 26.4 Å². The second-order valence-corrected chi connectivity index (χ2v) is 12.6. The van der Waals surface area contributed by atoms with Crippen LogP contribution >= 0.6 is 0 Å². The third-order valence-electron chi connectivity index (χ3n) is 6.67. The molecule has 1 unspecified atom stereocenters. The highest BCUT2D eigenvalue weighted by Crippen LogP contribution is 2.36. The molecule has 1 atom stereocenters. The maximum absolute atomic E-state index is 13.3. The van der Waals surface area contributed by atoms with Crippen molar-refractivity contribution in [3.63, 3.8) is 0 Å². The van der Waals surface area contributed by atoms with Gasteiger partial charge in [0.1, 0.15) is 11.9 Å². The summed E-state index contributed by atoms with van der Waals surface area (Å²) in [7, 11) is -3.81. The van der Waals surface area contributed by atoms with Crippen molar-refractivity contribution in [2.45, 2.75) is 88.0 Å². The van der Waals surface area contributed by atoms with Crippen LogP contribution in [0.3, 0.4) is 0 Å². The van der Waals surface area contributed by atoms with Crippen LogP contribution in [0.5, 0.6) is 0 Å². The maximum atomic E-state index is 13.3. The lowest BCUT2D eigenvalue weighted by molar-refractivity contribution is 0.356. The summed E-state index contributed by atoms with van der Waals surface area (Å²) in [5.41, 5.74) is 1.71. The fraction of sp³-hybridized carbons (Fsp3) is 0.519.